The Morgan fingerprint density at radius 1 is 0.404 bits per heavy atom. The largest absolute Gasteiger partial charge is 0.334 e. The maximum absolute atomic E-state index is 2.52. The molecule has 2 heterocycles. The molecule has 0 spiro atoms. The quantitative estimate of drug-likeness (QED) is 0.156. The number of allylic oxidation sites excluding steroid dienone is 2. The molecule has 0 radical (unpaired) electrons. The molecule has 0 aliphatic heterocycles. The number of hydrogen-bond donors (Lipinski definition) is 0. The van der Waals surface area contributed by atoms with Crippen molar-refractivity contribution in [1.29, 1.82) is 0 Å². The molecule has 0 amide bonds. The predicted molar refractivity (Wildman–Crippen MR) is 249 cm³/mol. The minimum absolute atomic E-state index is 0.144. The summed E-state index contributed by atoms with van der Waals surface area (Å²) in [5, 5.41) is 5.33. The molecule has 0 N–H and O–H groups in total. The molecule has 11 rings (SSSR count). The maximum atomic E-state index is 2.52. The van der Waals surface area contributed by atoms with Gasteiger partial charge in [-0.3, -0.25) is 0 Å². The van der Waals surface area contributed by atoms with Gasteiger partial charge in [-0.25, -0.2) is 0 Å². The van der Waals surface area contributed by atoms with E-state index in [1.54, 1.807) is 0 Å². The lowest BCUT2D eigenvalue weighted by Gasteiger charge is -2.34. The van der Waals surface area contributed by atoms with Gasteiger partial charge >= 0.3 is 0 Å². The van der Waals surface area contributed by atoms with Crippen LogP contribution in [0.3, 0.4) is 0 Å². The fourth-order valence-corrected chi connectivity index (χ4v) is 11.2. The summed E-state index contributed by atoms with van der Waals surface area (Å²) in [6.07, 6.45) is 8.09. The second-order valence-electron chi connectivity index (χ2n) is 14.8. The van der Waals surface area contributed by atoms with Gasteiger partial charge in [0, 0.05) is 57.3 Å². The Labute approximate surface area is 340 Å². The van der Waals surface area contributed by atoms with Gasteiger partial charge in [-0.15, -0.1) is 22.7 Å². The van der Waals surface area contributed by atoms with Crippen molar-refractivity contribution in [3.63, 3.8) is 0 Å². The van der Waals surface area contributed by atoms with Crippen molar-refractivity contribution in [3.05, 3.63) is 212 Å². The first kappa shape index (κ1) is 33.8. The van der Waals surface area contributed by atoms with Gasteiger partial charge in [0.25, 0.3) is 0 Å². The fraction of sp³-hybridized carbons (Fsp3) is 0.0370. The van der Waals surface area contributed by atoms with Gasteiger partial charge in [-0.05, 0) is 81.8 Å². The van der Waals surface area contributed by atoms with E-state index >= 15 is 0 Å². The average molecular weight is 764 g/mol. The Bertz CT molecular complexity index is 3160. The third-order valence-electron chi connectivity index (χ3n) is 11.4. The van der Waals surface area contributed by atoms with Crippen LogP contribution in [0.2, 0.25) is 0 Å². The fourth-order valence-electron chi connectivity index (χ4n) is 8.70. The van der Waals surface area contributed by atoms with Crippen molar-refractivity contribution in [3.8, 4) is 33.4 Å². The van der Waals surface area contributed by atoms with Crippen LogP contribution in [-0.4, -0.2) is 6.04 Å². The number of fused-ring (bicyclic) bond motifs is 6. The Morgan fingerprint density at radius 2 is 0.965 bits per heavy atom. The predicted octanol–water partition coefficient (Wildman–Crippen LogP) is 16.0. The molecule has 3 heteroatoms. The summed E-state index contributed by atoms with van der Waals surface area (Å²) in [5.74, 6) is 0. The second-order valence-corrected chi connectivity index (χ2v) is 16.9. The number of nitrogens with zero attached hydrogens (tertiary/aromatic N) is 1. The molecule has 0 bridgehead atoms. The highest BCUT2D eigenvalue weighted by molar-refractivity contribution is 7.26. The molecule has 0 saturated heterocycles. The van der Waals surface area contributed by atoms with Crippen molar-refractivity contribution in [2.45, 2.75) is 12.5 Å². The SMILES string of the molecule is C1=CC(N(c2ccc(-c3ccccc3-c3cccc4c3sc3ccccc34)cc2)c2cccc(-c3ccccc3)c2)CC=C1c1cccc2c1sc1ccccc12. The molecule has 2 aromatic heterocycles. The van der Waals surface area contributed by atoms with E-state index in [4.69, 9.17) is 0 Å². The van der Waals surface area contributed by atoms with Crippen LogP contribution in [0.15, 0.2) is 206 Å². The first-order chi connectivity index (χ1) is 28.3. The van der Waals surface area contributed by atoms with Gasteiger partial charge in [-0.2, -0.15) is 0 Å². The monoisotopic (exact) mass is 763 g/mol. The van der Waals surface area contributed by atoms with E-state index in [-0.39, 0.29) is 6.04 Å². The van der Waals surface area contributed by atoms with Gasteiger partial charge < -0.3 is 4.90 Å². The highest BCUT2D eigenvalue weighted by atomic mass is 32.1. The Morgan fingerprint density at radius 3 is 1.67 bits per heavy atom. The summed E-state index contributed by atoms with van der Waals surface area (Å²) in [7, 11) is 0. The van der Waals surface area contributed by atoms with Gasteiger partial charge in [0.15, 0.2) is 0 Å². The molecule has 1 aliphatic rings. The van der Waals surface area contributed by atoms with Crippen LogP contribution >= 0.6 is 22.7 Å². The lowest BCUT2D eigenvalue weighted by atomic mass is 9.93. The molecule has 1 unspecified atom stereocenters. The average Bonchev–Trinajstić information content (AvgIpc) is 3.86. The highest BCUT2D eigenvalue weighted by Gasteiger charge is 2.23. The second kappa shape index (κ2) is 14.2. The molecule has 1 aliphatic carbocycles. The van der Waals surface area contributed by atoms with Gasteiger partial charge in [0.05, 0.1) is 6.04 Å². The summed E-state index contributed by atoms with van der Waals surface area (Å²) in [6, 6.07) is 69.0. The highest BCUT2D eigenvalue weighted by Crippen LogP contribution is 2.44. The summed E-state index contributed by atoms with van der Waals surface area (Å²) in [6.45, 7) is 0. The van der Waals surface area contributed by atoms with E-state index in [1.807, 2.05) is 22.7 Å². The third kappa shape index (κ3) is 5.99. The van der Waals surface area contributed by atoms with Gasteiger partial charge in [0.2, 0.25) is 0 Å². The molecule has 8 aromatic carbocycles. The van der Waals surface area contributed by atoms with Crippen LogP contribution in [0, 0.1) is 0 Å². The zero-order valence-electron chi connectivity index (χ0n) is 31.2. The van der Waals surface area contributed by atoms with Crippen LogP contribution in [0.5, 0.6) is 0 Å². The smallest absolute Gasteiger partial charge is 0.0560 e. The van der Waals surface area contributed by atoms with Crippen LogP contribution in [0.4, 0.5) is 11.4 Å². The van der Waals surface area contributed by atoms with Crippen molar-refractivity contribution in [1.82, 2.24) is 0 Å². The molecule has 10 aromatic rings. The maximum Gasteiger partial charge on any atom is 0.0560 e. The van der Waals surface area contributed by atoms with E-state index in [1.165, 1.54) is 96.2 Å². The molecule has 0 saturated carbocycles. The molecular weight excluding hydrogens is 727 g/mol. The summed E-state index contributed by atoms with van der Waals surface area (Å²) >= 11 is 3.79. The third-order valence-corrected chi connectivity index (χ3v) is 13.9. The van der Waals surface area contributed by atoms with Crippen molar-refractivity contribution >= 4 is 80.0 Å². The minimum Gasteiger partial charge on any atom is -0.334 e. The van der Waals surface area contributed by atoms with Crippen molar-refractivity contribution in [2.24, 2.45) is 0 Å². The van der Waals surface area contributed by atoms with Crippen LogP contribution in [0.1, 0.15) is 12.0 Å². The number of anilines is 2. The number of benzene rings is 8. The van der Waals surface area contributed by atoms with E-state index in [0.717, 1.165) is 6.42 Å². The summed E-state index contributed by atoms with van der Waals surface area (Å²) in [4.78, 5) is 2.52. The molecule has 1 atom stereocenters. The molecule has 57 heavy (non-hydrogen) atoms. The molecule has 1 nitrogen and oxygen atoms in total. The van der Waals surface area contributed by atoms with Gasteiger partial charge in [-0.1, -0.05) is 170 Å². The topological polar surface area (TPSA) is 3.24 Å². The minimum atomic E-state index is 0.144. The number of thiophene rings is 2. The van der Waals surface area contributed by atoms with Crippen LogP contribution in [-0.2, 0) is 0 Å². The van der Waals surface area contributed by atoms with Gasteiger partial charge in [0.1, 0.15) is 0 Å². The Kier molecular flexibility index (Phi) is 8.42. The lowest BCUT2D eigenvalue weighted by molar-refractivity contribution is 0.787. The van der Waals surface area contributed by atoms with E-state index < -0.39 is 0 Å². The van der Waals surface area contributed by atoms with Crippen molar-refractivity contribution < 1.29 is 0 Å². The van der Waals surface area contributed by atoms with E-state index in [0.29, 0.717) is 0 Å². The van der Waals surface area contributed by atoms with E-state index in [9.17, 15) is 0 Å². The zero-order chi connectivity index (χ0) is 37.7. The Balaban J connectivity index is 0.975. The number of rotatable bonds is 7. The lowest BCUT2D eigenvalue weighted by Crippen LogP contribution is -2.30. The first-order valence-electron chi connectivity index (χ1n) is 19.6. The summed E-state index contributed by atoms with van der Waals surface area (Å²) in [5.41, 5.74) is 12.4. The van der Waals surface area contributed by atoms with Crippen LogP contribution in [0.25, 0.3) is 79.3 Å². The first-order valence-corrected chi connectivity index (χ1v) is 21.2. The van der Waals surface area contributed by atoms with Crippen molar-refractivity contribution in [2.75, 3.05) is 4.90 Å². The number of hydrogen-bond acceptors (Lipinski definition) is 3. The normalized spacial score (nSPS) is 14.1. The molecule has 0 fully saturated rings. The molecule has 270 valence electrons. The molecular formula is C54H37NS2. The standard InChI is InChI=1S/C54H37NS2/c1-2-13-36(14-3-1)39-15-10-16-42(35-39)55(41-33-29-38(30-34-41)44-21-11-23-49-46-19-6-8-25-51(46)56-53(44)49)40-31-27-37(28-32-40)43-17-4-5-18-45(43)48-22-12-24-50-47-20-7-9-26-52(47)57-54(48)50/h1-33,35,41H,34H2. The van der Waals surface area contributed by atoms with E-state index in [2.05, 4.69) is 211 Å². The summed E-state index contributed by atoms with van der Waals surface area (Å²) < 4.78 is 5.37. The Hall–Kier alpha value is -6.52. The zero-order valence-corrected chi connectivity index (χ0v) is 32.8. The van der Waals surface area contributed by atoms with Crippen LogP contribution < -0.4 is 4.90 Å².